The molecule has 0 bridgehead atoms. The third-order valence-electron chi connectivity index (χ3n) is 6.26. The van der Waals surface area contributed by atoms with Gasteiger partial charge in [0.2, 0.25) is 0 Å². The summed E-state index contributed by atoms with van der Waals surface area (Å²) < 4.78 is 5.92. The quantitative estimate of drug-likeness (QED) is 0.262. The van der Waals surface area contributed by atoms with Crippen molar-refractivity contribution in [2.45, 2.75) is 40.7 Å². The molecule has 180 valence electrons. The van der Waals surface area contributed by atoms with E-state index in [1.54, 1.807) is 12.1 Å². The zero-order valence-corrected chi connectivity index (χ0v) is 20.8. The molecule has 0 aromatic heterocycles. The van der Waals surface area contributed by atoms with Crippen molar-refractivity contribution in [3.63, 3.8) is 0 Å². The van der Waals surface area contributed by atoms with E-state index in [1.807, 2.05) is 75.4 Å². The number of ketones is 1. The number of aliphatic hydroxyl groups excluding tert-OH is 1. The Morgan fingerprint density at radius 1 is 0.943 bits per heavy atom. The lowest BCUT2D eigenvalue weighted by Crippen LogP contribution is -2.29. The van der Waals surface area contributed by atoms with Crippen LogP contribution >= 0.6 is 0 Å². The van der Waals surface area contributed by atoms with Gasteiger partial charge in [0.05, 0.1) is 18.2 Å². The van der Waals surface area contributed by atoms with Crippen LogP contribution < -0.4 is 9.64 Å². The van der Waals surface area contributed by atoms with Gasteiger partial charge in [0.15, 0.2) is 0 Å². The fourth-order valence-electron chi connectivity index (χ4n) is 4.27. The van der Waals surface area contributed by atoms with E-state index < -0.39 is 17.7 Å². The van der Waals surface area contributed by atoms with Crippen LogP contribution in [-0.4, -0.2) is 23.4 Å². The molecule has 35 heavy (non-hydrogen) atoms. The number of benzene rings is 3. The molecule has 0 saturated carbocycles. The predicted molar refractivity (Wildman–Crippen MR) is 139 cm³/mol. The molecule has 1 heterocycles. The lowest BCUT2D eigenvalue weighted by molar-refractivity contribution is -0.132. The van der Waals surface area contributed by atoms with Crippen molar-refractivity contribution in [3.8, 4) is 5.75 Å². The summed E-state index contributed by atoms with van der Waals surface area (Å²) in [7, 11) is 0. The number of carbonyl (C=O) groups excluding carboxylic acids is 2. The molecule has 4 rings (SSSR count). The third kappa shape index (κ3) is 4.85. The minimum absolute atomic E-state index is 0.0702. The van der Waals surface area contributed by atoms with Crippen LogP contribution in [0.3, 0.4) is 0 Å². The molecule has 1 N–H and O–H groups in total. The first-order valence-electron chi connectivity index (χ1n) is 11.9. The number of hydrogen-bond acceptors (Lipinski definition) is 4. The second kappa shape index (κ2) is 9.79. The molecule has 3 aromatic rings. The van der Waals surface area contributed by atoms with Crippen LogP contribution in [0, 0.1) is 26.7 Å². The van der Waals surface area contributed by atoms with Crippen molar-refractivity contribution in [1.82, 2.24) is 0 Å². The van der Waals surface area contributed by atoms with Gasteiger partial charge in [0.25, 0.3) is 11.7 Å². The van der Waals surface area contributed by atoms with E-state index in [0.29, 0.717) is 35.1 Å². The first-order chi connectivity index (χ1) is 16.7. The van der Waals surface area contributed by atoms with Crippen molar-refractivity contribution in [3.05, 3.63) is 100 Å². The number of aryl methyl sites for hydroxylation is 3. The van der Waals surface area contributed by atoms with E-state index in [4.69, 9.17) is 4.74 Å². The molecule has 1 atom stereocenters. The minimum Gasteiger partial charge on any atom is -0.507 e. The summed E-state index contributed by atoms with van der Waals surface area (Å²) in [5.41, 5.74) is 4.90. The van der Waals surface area contributed by atoms with E-state index in [9.17, 15) is 14.7 Å². The van der Waals surface area contributed by atoms with Crippen molar-refractivity contribution in [2.75, 3.05) is 11.5 Å². The molecule has 1 aliphatic rings. The van der Waals surface area contributed by atoms with Crippen molar-refractivity contribution < 1.29 is 19.4 Å². The Morgan fingerprint density at radius 2 is 1.69 bits per heavy atom. The highest BCUT2D eigenvalue weighted by Gasteiger charge is 2.47. The van der Waals surface area contributed by atoms with Gasteiger partial charge in [-0.15, -0.1) is 0 Å². The number of hydrogen-bond donors (Lipinski definition) is 1. The van der Waals surface area contributed by atoms with Gasteiger partial charge in [-0.05, 0) is 79.3 Å². The van der Waals surface area contributed by atoms with Gasteiger partial charge >= 0.3 is 0 Å². The number of Topliss-reactive ketones (excluding diaryl/α,β-unsaturated/α-hetero) is 1. The van der Waals surface area contributed by atoms with Gasteiger partial charge in [-0.3, -0.25) is 14.5 Å². The Kier molecular flexibility index (Phi) is 6.79. The van der Waals surface area contributed by atoms with Crippen molar-refractivity contribution in [2.24, 2.45) is 5.92 Å². The highest BCUT2D eigenvalue weighted by Crippen LogP contribution is 2.43. The molecule has 1 aliphatic heterocycles. The number of aliphatic hydroxyl groups is 1. The van der Waals surface area contributed by atoms with Gasteiger partial charge in [0.1, 0.15) is 11.5 Å². The van der Waals surface area contributed by atoms with E-state index in [2.05, 4.69) is 13.8 Å². The van der Waals surface area contributed by atoms with Crippen LogP contribution in [0.1, 0.15) is 47.7 Å². The number of anilines is 1. The highest BCUT2D eigenvalue weighted by molar-refractivity contribution is 6.51. The van der Waals surface area contributed by atoms with E-state index in [0.717, 1.165) is 16.7 Å². The SMILES string of the molecule is Cc1cccc(N2C(=O)C(=O)/C(=C(\O)c3ccc(C)c(C)c3)C2c2cccc(OCC(C)C)c2)c1. The molecular weight excluding hydrogens is 438 g/mol. The lowest BCUT2D eigenvalue weighted by atomic mass is 9.94. The normalized spacial score (nSPS) is 17.3. The molecule has 1 fully saturated rings. The second-order valence-electron chi connectivity index (χ2n) is 9.58. The van der Waals surface area contributed by atoms with Crippen LogP contribution in [-0.2, 0) is 9.59 Å². The summed E-state index contributed by atoms with van der Waals surface area (Å²) in [5.74, 6) is -0.557. The van der Waals surface area contributed by atoms with Crippen LogP contribution in [0.5, 0.6) is 5.75 Å². The van der Waals surface area contributed by atoms with Crippen molar-refractivity contribution in [1.29, 1.82) is 0 Å². The maximum Gasteiger partial charge on any atom is 0.300 e. The van der Waals surface area contributed by atoms with Crippen LogP contribution in [0.4, 0.5) is 5.69 Å². The summed E-state index contributed by atoms with van der Waals surface area (Å²) in [5, 5.41) is 11.4. The molecular formula is C30H31NO4. The Bertz CT molecular complexity index is 1320. The predicted octanol–water partition coefficient (Wildman–Crippen LogP) is 6.27. The first-order valence-corrected chi connectivity index (χ1v) is 11.9. The minimum atomic E-state index is -0.791. The molecule has 3 aromatic carbocycles. The zero-order chi connectivity index (χ0) is 25.3. The average molecular weight is 470 g/mol. The van der Waals surface area contributed by atoms with Crippen molar-refractivity contribution >= 4 is 23.1 Å². The Morgan fingerprint density at radius 3 is 2.37 bits per heavy atom. The Hall–Kier alpha value is -3.86. The molecule has 1 unspecified atom stereocenters. The number of amides is 1. The van der Waals surface area contributed by atoms with E-state index >= 15 is 0 Å². The molecule has 0 spiro atoms. The number of ether oxygens (including phenoxy) is 1. The Labute approximate surface area is 206 Å². The monoisotopic (exact) mass is 469 g/mol. The molecule has 0 radical (unpaired) electrons. The van der Waals surface area contributed by atoms with Gasteiger partial charge in [-0.2, -0.15) is 0 Å². The molecule has 1 saturated heterocycles. The smallest absolute Gasteiger partial charge is 0.300 e. The van der Waals surface area contributed by atoms with Gasteiger partial charge < -0.3 is 9.84 Å². The largest absolute Gasteiger partial charge is 0.507 e. The summed E-state index contributed by atoms with van der Waals surface area (Å²) in [6.07, 6.45) is 0. The standard InChI is InChI=1S/C30H31NO4/c1-18(2)17-35-25-11-7-9-22(16-25)27-26(28(32)23-13-12-20(4)21(5)15-23)29(33)30(34)31(27)24-10-6-8-19(3)14-24/h6-16,18,27,32H,17H2,1-5H3/b28-26-. The number of carbonyl (C=O) groups is 2. The highest BCUT2D eigenvalue weighted by atomic mass is 16.5. The zero-order valence-electron chi connectivity index (χ0n) is 20.8. The molecule has 5 heteroatoms. The fourth-order valence-corrected chi connectivity index (χ4v) is 4.27. The van der Waals surface area contributed by atoms with Crippen LogP contribution in [0.2, 0.25) is 0 Å². The second-order valence-corrected chi connectivity index (χ2v) is 9.58. The van der Waals surface area contributed by atoms with Gasteiger partial charge in [0, 0.05) is 11.3 Å². The van der Waals surface area contributed by atoms with E-state index in [1.165, 1.54) is 4.90 Å². The summed E-state index contributed by atoms with van der Waals surface area (Å²) in [6.45, 7) is 10.6. The molecule has 5 nitrogen and oxygen atoms in total. The maximum absolute atomic E-state index is 13.4. The summed E-state index contributed by atoms with van der Waals surface area (Å²) in [6, 6.07) is 19.6. The maximum atomic E-state index is 13.4. The summed E-state index contributed by atoms with van der Waals surface area (Å²) in [4.78, 5) is 28.2. The number of nitrogens with zero attached hydrogens (tertiary/aromatic N) is 1. The van der Waals surface area contributed by atoms with E-state index in [-0.39, 0.29) is 11.3 Å². The van der Waals surface area contributed by atoms with Gasteiger partial charge in [-0.25, -0.2) is 0 Å². The Balaban J connectivity index is 1.91. The van der Waals surface area contributed by atoms with Crippen LogP contribution in [0.15, 0.2) is 72.3 Å². The molecule has 1 amide bonds. The summed E-state index contributed by atoms with van der Waals surface area (Å²) >= 11 is 0. The fraction of sp³-hybridized carbons (Fsp3) is 0.267. The third-order valence-corrected chi connectivity index (χ3v) is 6.26. The topological polar surface area (TPSA) is 66.8 Å². The average Bonchev–Trinajstić information content (AvgIpc) is 3.09. The first kappa shape index (κ1) is 24.3. The molecule has 0 aliphatic carbocycles. The van der Waals surface area contributed by atoms with Gasteiger partial charge in [-0.1, -0.05) is 50.2 Å². The van der Waals surface area contributed by atoms with Crippen LogP contribution in [0.25, 0.3) is 5.76 Å². The number of rotatable bonds is 6. The lowest BCUT2D eigenvalue weighted by Gasteiger charge is -2.26.